The minimum absolute atomic E-state index is 0.0662. The van der Waals surface area contributed by atoms with E-state index in [-0.39, 0.29) is 20.7 Å². The van der Waals surface area contributed by atoms with Crippen molar-refractivity contribution in [3.05, 3.63) is 70.1 Å². The number of hydrogen-bond acceptors (Lipinski definition) is 4. The number of hydrogen-bond donors (Lipinski definition) is 0. The molecule has 1 aliphatic heterocycles. The molecule has 25 heavy (non-hydrogen) atoms. The van der Waals surface area contributed by atoms with Crippen LogP contribution in [0.3, 0.4) is 0 Å². The number of sulfone groups is 1. The highest BCUT2D eigenvalue weighted by atomic mass is 35.5. The molecular weight excluding hydrogens is 405 g/mol. The number of para-hydroxylation sites is 1. The Balaban J connectivity index is 2.14. The molecule has 1 atom stereocenters. The average molecular weight is 418 g/mol. The summed E-state index contributed by atoms with van der Waals surface area (Å²) >= 11 is 11.8. The molecular formula is C16H13Cl2NO4S2. The molecule has 0 fully saturated rings. The van der Waals surface area contributed by atoms with Crippen LogP contribution in [0.4, 0.5) is 5.69 Å². The Morgan fingerprint density at radius 3 is 2.24 bits per heavy atom. The van der Waals surface area contributed by atoms with Gasteiger partial charge in [-0.25, -0.2) is 16.8 Å². The summed E-state index contributed by atoms with van der Waals surface area (Å²) in [6, 6.07) is 11.5. The zero-order valence-corrected chi connectivity index (χ0v) is 15.9. The fraction of sp³-hybridized carbons (Fsp3) is 0.125. The van der Waals surface area contributed by atoms with Crippen molar-refractivity contribution in [2.24, 2.45) is 0 Å². The van der Waals surface area contributed by atoms with Crippen molar-refractivity contribution >= 4 is 48.7 Å². The molecule has 1 heterocycles. The van der Waals surface area contributed by atoms with Gasteiger partial charge < -0.3 is 0 Å². The molecule has 9 heteroatoms. The van der Waals surface area contributed by atoms with Crippen molar-refractivity contribution in [2.45, 2.75) is 10.9 Å². The van der Waals surface area contributed by atoms with E-state index < -0.39 is 25.9 Å². The van der Waals surface area contributed by atoms with Crippen LogP contribution in [0.5, 0.6) is 0 Å². The Morgan fingerprint density at radius 1 is 1.00 bits per heavy atom. The Labute approximate surface area is 156 Å². The molecule has 0 saturated heterocycles. The van der Waals surface area contributed by atoms with Crippen LogP contribution < -0.4 is 4.31 Å². The molecule has 0 N–H and O–H groups in total. The topological polar surface area (TPSA) is 71.5 Å². The van der Waals surface area contributed by atoms with Crippen LogP contribution in [-0.2, 0) is 19.9 Å². The third kappa shape index (κ3) is 3.69. The van der Waals surface area contributed by atoms with E-state index in [2.05, 4.69) is 0 Å². The number of anilines is 1. The Bertz CT molecular complexity index is 1040. The molecule has 3 rings (SSSR count). The molecule has 2 aromatic rings. The molecule has 0 spiro atoms. The average Bonchev–Trinajstić information content (AvgIpc) is 2.90. The molecule has 0 bridgehead atoms. The van der Waals surface area contributed by atoms with E-state index in [4.69, 9.17) is 23.2 Å². The van der Waals surface area contributed by atoms with Gasteiger partial charge in [0, 0.05) is 5.41 Å². The summed E-state index contributed by atoms with van der Waals surface area (Å²) in [4.78, 5) is -0.0662. The summed E-state index contributed by atoms with van der Waals surface area (Å²) in [6.45, 7) is 0. The predicted octanol–water partition coefficient (Wildman–Crippen LogP) is 3.50. The fourth-order valence-electron chi connectivity index (χ4n) is 2.54. The Morgan fingerprint density at radius 2 is 1.68 bits per heavy atom. The van der Waals surface area contributed by atoms with Crippen LogP contribution in [0.15, 0.2) is 64.9 Å². The first-order chi connectivity index (χ1) is 11.7. The third-order valence-corrected chi connectivity index (χ3v) is 7.64. The monoisotopic (exact) mass is 417 g/mol. The van der Waals surface area contributed by atoms with E-state index in [1.165, 1.54) is 24.3 Å². The third-order valence-electron chi connectivity index (χ3n) is 3.67. The van der Waals surface area contributed by atoms with Gasteiger partial charge in [-0.1, -0.05) is 41.4 Å². The summed E-state index contributed by atoms with van der Waals surface area (Å²) in [7, 11) is -7.49. The van der Waals surface area contributed by atoms with Crippen LogP contribution in [-0.4, -0.2) is 28.6 Å². The number of halogens is 2. The first-order valence-electron chi connectivity index (χ1n) is 7.16. The van der Waals surface area contributed by atoms with Crippen molar-refractivity contribution in [1.82, 2.24) is 0 Å². The van der Waals surface area contributed by atoms with Crippen molar-refractivity contribution in [3.63, 3.8) is 0 Å². The van der Waals surface area contributed by atoms with Crippen LogP contribution in [0.1, 0.15) is 0 Å². The molecule has 1 aliphatic rings. The molecule has 0 aromatic heterocycles. The van der Waals surface area contributed by atoms with E-state index >= 15 is 0 Å². The lowest BCUT2D eigenvalue weighted by molar-refractivity contribution is 0.586. The van der Waals surface area contributed by atoms with Gasteiger partial charge in [-0.05, 0) is 36.4 Å². The summed E-state index contributed by atoms with van der Waals surface area (Å²) in [6.07, 6.45) is 1.37. The number of sulfonamides is 1. The quantitative estimate of drug-likeness (QED) is 0.762. The summed E-state index contributed by atoms with van der Waals surface area (Å²) in [5, 5.41) is 1.37. The molecule has 0 unspecified atom stereocenters. The molecule has 0 amide bonds. The standard InChI is InChI=1S/C16H13Cl2NO4S2/c17-15-7-6-14(10-16(15)18)25(22,23)19(12-4-2-1-3-5-12)13-8-9-24(20,21)11-13/h1-10,13H,11H2/t13-/m1/s1. The van der Waals surface area contributed by atoms with Gasteiger partial charge in [-0.3, -0.25) is 4.31 Å². The largest absolute Gasteiger partial charge is 0.264 e. The molecule has 0 aliphatic carbocycles. The van der Waals surface area contributed by atoms with Crippen molar-refractivity contribution in [1.29, 1.82) is 0 Å². The Hall–Kier alpha value is -1.54. The van der Waals surface area contributed by atoms with Gasteiger partial charge in [-0.2, -0.15) is 0 Å². The van der Waals surface area contributed by atoms with E-state index in [1.807, 2.05) is 0 Å². The van der Waals surface area contributed by atoms with E-state index in [0.29, 0.717) is 5.69 Å². The lowest BCUT2D eigenvalue weighted by Crippen LogP contribution is -2.41. The lowest BCUT2D eigenvalue weighted by atomic mass is 10.2. The number of benzene rings is 2. The van der Waals surface area contributed by atoms with Crippen LogP contribution in [0.2, 0.25) is 10.0 Å². The van der Waals surface area contributed by atoms with Crippen molar-refractivity contribution in [3.8, 4) is 0 Å². The van der Waals surface area contributed by atoms with Crippen molar-refractivity contribution < 1.29 is 16.8 Å². The smallest absolute Gasteiger partial charge is 0.258 e. The van der Waals surface area contributed by atoms with Gasteiger partial charge in [0.15, 0.2) is 9.84 Å². The molecule has 5 nitrogen and oxygen atoms in total. The first-order valence-corrected chi connectivity index (χ1v) is 11.1. The lowest BCUT2D eigenvalue weighted by Gasteiger charge is -2.29. The summed E-state index contributed by atoms with van der Waals surface area (Å²) in [5.41, 5.74) is 0.361. The van der Waals surface area contributed by atoms with Gasteiger partial charge in [0.05, 0.1) is 32.4 Å². The second kappa shape index (κ2) is 6.64. The van der Waals surface area contributed by atoms with Gasteiger partial charge in [-0.15, -0.1) is 0 Å². The van der Waals surface area contributed by atoms with E-state index in [9.17, 15) is 16.8 Å². The maximum atomic E-state index is 13.2. The highest BCUT2D eigenvalue weighted by Crippen LogP contribution is 2.32. The minimum atomic E-state index is -4.05. The Kier molecular flexibility index (Phi) is 4.85. The minimum Gasteiger partial charge on any atom is -0.258 e. The maximum absolute atomic E-state index is 13.2. The molecule has 132 valence electrons. The van der Waals surface area contributed by atoms with Crippen molar-refractivity contribution in [2.75, 3.05) is 10.1 Å². The SMILES string of the molecule is O=S1(=O)C=C[C@@H](N(c2ccccc2)S(=O)(=O)c2ccc(Cl)c(Cl)c2)C1. The zero-order valence-electron chi connectivity index (χ0n) is 12.7. The molecule has 2 aromatic carbocycles. The predicted molar refractivity (Wildman–Crippen MR) is 99.3 cm³/mol. The summed E-state index contributed by atoms with van der Waals surface area (Å²) in [5.74, 6) is -0.317. The number of rotatable bonds is 4. The van der Waals surface area contributed by atoms with Crippen LogP contribution in [0, 0.1) is 0 Å². The highest BCUT2D eigenvalue weighted by molar-refractivity contribution is 7.95. The van der Waals surface area contributed by atoms with E-state index in [0.717, 1.165) is 9.71 Å². The highest BCUT2D eigenvalue weighted by Gasteiger charge is 2.36. The molecule has 0 radical (unpaired) electrons. The van der Waals surface area contributed by atoms with Gasteiger partial charge in [0.1, 0.15) is 0 Å². The summed E-state index contributed by atoms with van der Waals surface area (Å²) < 4.78 is 51.1. The van der Waals surface area contributed by atoms with Crippen LogP contribution in [0.25, 0.3) is 0 Å². The van der Waals surface area contributed by atoms with E-state index in [1.54, 1.807) is 30.3 Å². The normalized spacial score (nSPS) is 19.0. The van der Waals surface area contributed by atoms with Gasteiger partial charge in [0.25, 0.3) is 10.0 Å². The zero-order chi connectivity index (χ0) is 18.2. The first kappa shape index (κ1) is 18.3. The molecule has 0 saturated carbocycles. The number of nitrogens with zero attached hydrogens (tertiary/aromatic N) is 1. The van der Waals surface area contributed by atoms with Gasteiger partial charge in [0.2, 0.25) is 0 Å². The fourth-order valence-corrected chi connectivity index (χ4v) is 5.90. The van der Waals surface area contributed by atoms with Gasteiger partial charge >= 0.3 is 0 Å². The van der Waals surface area contributed by atoms with Crippen LogP contribution >= 0.6 is 23.2 Å². The second-order valence-electron chi connectivity index (χ2n) is 5.44. The second-order valence-corrected chi connectivity index (χ2v) is 10.00. The maximum Gasteiger partial charge on any atom is 0.264 e.